The van der Waals surface area contributed by atoms with E-state index in [1.165, 1.54) is 61.2 Å². The highest BCUT2D eigenvalue weighted by Gasteiger charge is 2.26. The van der Waals surface area contributed by atoms with Crippen molar-refractivity contribution in [2.24, 2.45) is 11.8 Å². The minimum atomic E-state index is 0.524. The summed E-state index contributed by atoms with van der Waals surface area (Å²) in [4.78, 5) is 0. The van der Waals surface area contributed by atoms with Gasteiger partial charge in [0, 0.05) is 12.1 Å². The molecule has 33 heavy (non-hydrogen) atoms. The van der Waals surface area contributed by atoms with Crippen LogP contribution in [-0.2, 0) is 0 Å². The molecule has 2 fully saturated rings. The summed E-state index contributed by atoms with van der Waals surface area (Å²) < 4.78 is 0. The maximum Gasteiger partial charge on any atom is 0.0604 e. The van der Waals surface area contributed by atoms with Crippen LogP contribution in [0, 0.1) is 11.8 Å². The van der Waals surface area contributed by atoms with Crippen molar-refractivity contribution in [2.45, 2.75) is 97.6 Å². The minimum absolute atomic E-state index is 0.524. The molecule has 3 nitrogen and oxygen atoms in total. The third-order valence-corrected chi connectivity index (χ3v) is 7.78. The first-order valence-electron chi connectivity index (χ1n) is 13.3. The van der Waals surface area contributed by atoms with E-state index < -0.39 is 0 Å². The molecule has 2 heterocycles. The van der Waals surface area contributed by atoms with Crippen LogP contribution in [0.1, 0.15) is 85.5 Å². The van der Waals surface area contributed by atoms with Crippen molar-refractivity contribution in [3.05, 3.63) is 71.3 Å². The topological polar surface area (TPSA) is 36.1 Å². The Labute approximate surface area is 203 Å². The van der Waals surface area contributed by atoms with Crippen molar-refractivity contribution in [1.82, 2.24) is 16.0 Å². The zero-order chi connectivity index (χ0) is 23.6. The zero-order valence-corrected chi connectivity index (χ0v) is 21.6. The fourth-order valence-electron chi connectivity index (χ4n) is 5.49. The van der Waals surface area contributed by atoms with Gasteiger partial charge in [-0.2, -0.15) is 0 Å². The fourth-order valence-corrected chi connectivity index (χ4v) is 5.49. The van der Waals surface area contributed by atoms with Crippen molar-refractivity contribution in [3.8, 4) is 0 Å². The predicted molar refractivity (Wildman–Crippen MR) is 144 cm³/mol. The number of rotatable bonds is 9. The lowest BCUT2D eigenvalue weighted by Gasteiger charge is -2.33. The Balaban J connectivity index is 1.69. The molecule has 3 aliphatic rings. The lowest BCUT2D eigenvalue weighted by atomic mass is 9.75. The Kier molecular flexibility index (Phi) is 10.1. The summed E-state index contributed by atoms with van der Waals surface area (Å²) in [5.41, 5.74) is 7.02. The highest BCUT2D eigenvalue weighted by atomic mass is 15.0. The lowest BCUT2D eigenvalue weighted by Crippen LogP contribution is -2.33. The summed E-state index contributed by atoms with van der Waals surface area (Å²) >= 11 is 0. The Morgan fingerprint density at radius 2 is 2.03 bits per heavy atom. The smallest absolute Gasteiger partial charge is 0.0604 e. The van der Waals surface area contributed by atoms with Crippen molar-refractivity contribution in [3.63, 3.8) is 0 Å². The van der Waals surface area contributed by atoms with E-state index >= 15 is 0 Å². The van der Waals surface area contributed by atoms with Crippen molar-refractivity contribution >= 4 is 0 Å². The Morgan fingerprint density at radius 1 is 1.18 bits per heavy atom. The third kappa shape index (κ3) is 7.50. The molecule has 0 aromatic rings. The number of hydrogen-bond donors (Lipinski definition) is 3. The molecule has 0 aromatic carbocycles. The van der Waals surface area contributed by atoms with Crippen molar-refractivity contribution < 1.29 is 0 Å². The van der Waals surface area contributed by atoms with Gasteiger partial charge in [0.2, 0.25) is 0 Å². The maximum absolute atomic E-state index is 3.95. The second kappa shape index (κ2) is 13.0. The van der Waals surface area contributed by atoms with Gasteiger partial charge in [0.1, 0.15) is 0 Å². The van der Waals surface area contributed by atoms with Crippen LogP contribution in [0.5, 0.6) is 0 Å². The van der Waals surface area contributed by atoms with Gasteiger partial charge in [0.25, 0.3) is 0 Å². The van der Waals surface area contributed by atoms with Crippen LogP contribution >= 0.6 is 0 Å². The number of allylic oxidation sites excluding steroid dienone is 7. The summed E-state index contributed by atoms with van der Waals surface area (Å²) in [5.74, 6) is 1.25. The molecular formula is C30H47N3. The SMILES string of the molecule is C=CN/C(C1=CCCC(C)N1)=C(\C)C1CCC(C)/C(=C\C(=C/C)C/C=C/C[C@@H]2CCCN2)C1. The summed E-state index contributed by atoms with van der Waals surface area (Å²) in [5, 5.41) is 10.7. The van der Waals surface area contributed by atoms with Gasteiger partial charge in [-0.25, -0.2) is 0 Å². The van der Waals surface area contributed by atoms with Crippen LogP contribution in [0.3, 0.4) is 0 Å². The third-order valence-electron chi connectivity index (χ3n) is 7.78. The Hall–Kier alpha value is -2.00. The molecule has 3 heteroatoms. The summed E-state index contributed by atoms with van der Waals surface area (Å²) in [7, 11) is 0. The van der Waals surface area contributed by atoms with E-state index in [2.05, 4.69) is 80.6 Å². The molecular weight excluding hydrogens is 402 g/mol. The second-order valence-corrected chi connectivity index (χ2v) is 10.3. The summed E-state index contributed by atoms with van der Waals surface area (Å²) in [6, 6.07) is 1.22. The van der Waals surface area contributed by atoms with E-state index in [9.17, 15) is 0 Å². The highest BCUT2D eigenvalue weighted by molar-refractivity contribution is 5.37. The molecule has 3 unspecified atom stereocenters. The number of hydrogen-bond acceptors (Lipinski definition) is 3. The van der Waals surface area contributed by atoms with E-state index in [0.717, 1.165) is 25.7 Å². The van der Waals surface area contributed by atoms with Gasteiger partial charge in [0.05, 0.1) is 11.4 Å². The van der Waals surface area contributed by atoms with Gasteiger partial charge < -0.3 is 16.0 Å². The van der Waals surface area contributed by atoms with Gasteiger partial charge in [0.15, 0.2) is 0 Å². The van der Waals surface area contributed by atoms with E-state index in [4.69, 9.17) is 0 Å². The van der Waals surface area contributed by atoms with Gasteiger partial charge in [-0.15, -0.1) is 0 Å². The molecule has 3 rings (SSSR count). The number of nitrogens with one attached hydrogen (secondary N) is 3. The normalized spacial score (nSPS) is 30.7. The molecule has 3 N–H and O–H groups in total. The molecule has 0 spiro atoms. The standard InChI is InChI=1S/C30H47N3/c1-6-25(13-8-9-14-28-15-11-19-32-28)20-27-21-26(18-17-22(27)3)24(5)30(31-7-2)29-16-10-12-23(4)33-29/h6-9,16,20,22-23,26,28,31-33H,2,10-15,17-19,21H2,1,3-5H3/b9-8+,25-6-,27-20-,30-24+/t22?,23?,26?,28-/m1/s1. The molecule has 182 valence electrons. The van der Waals surface area contributed by atoms with Crippen LogP contribution in [0.25, 0.3) is 0 Å². The fraction of sp³-hybridized carbons (Fsp3) is 0.600. The van der Waals surface area contributed by atoms with E-state index in [1.807, 2.05) is 6.20 Å². The summed E-state index contributed by atoms with van der Waals surface area (Å²) in [6.45, 7) is 14.3. The predicted octanol–water partition coefficient (Wildman–Crippen LogP) is 7.05. The zero-order valence-electron chi connectivity index (χ0n) is 21.6. The molecule has 0 radical (unpaired) electrons. The first kappa shape index (κ1) is 25.6. The van der Waals surface area contributed by atoms with Crippen LogP contribution < -0.4 is 16.0 Å². The van der Waals surface area contributed by atoms with Crippen LogP contribution in [0.15, 0.2) is 71.3 Å². The maximum atomic E-state index is 3.95. The lowest BCUT2D eigenvalue weighted by molar-refractivity contribution is 0.398. The quantitative estimate of drug-likeness (QED) is 0.330. The summed E-state index contributed by atoms with van der Waals surface area (Å²) in [6.07, 6.45) is 24.6. The molecule has 0 amide bonds. The first-order chi connectivity index (χ1) is 16.0. The van der Waals surface area contributed by atoms with E-state index in [-0.39, 0.29) is 0 Å². The largest absolute Gasteiger partial charge is 0.381 e. The molecule has 4 atom stereocenters. The monoisotopic (exact) mass is 449 g/mol. The van der Waals surface area contributed by atoms with E-state index in [1.54, 1.807) is 5.57 Å². The Bertz CT molecular complexity index is 804. The average Bonchev–Trinajstić information content (AvgIpc) is 3.34. The van der Waals surface area contributed by atoms with Crippen LogP contribution in [0.2, 0.25) is 0 Å². The van der Waals surface area contributed by atoms with E-state index in [0.29, 0.717) is 23.9 Å². The van der Waals surface area contributed by atoms with Gasteiger partial charge >= 0.3 is 0 Å². The first-order valence-corrected chi connectivity index (χ1v) is 13.3. The van der Waals surface area contributed by atoms with Crippen molar-refractivity contribution in [1.29, 1.82) is 0 Å². The molecule has 2 aliphatic heterocycles. The van der Waals surface area contributed by atoms with Crippen molar-refractivity contribution in [2.75, 3.05) is 6.54 Å². The molecule has 0 bridgehead atoms. The Morgan fingerprint density at radius 3 is 2.73 bits per heavy atom. The van der Waals surface area contributed by atoms with Crippen LogP contribution in [-0.4, -0.2) is 18.6 Å². The molecule has 0 aromatic heterocycles. The minimum Gasteiger partial charge on any atom is -0.381 e. The van der Waals surface area contributed by atoms with Gasteiger partial charge in [-0.1, -0.05) is 49.5 Å². The van der Waals surface area contributed by atoms with Crippen LogP contribution in [0.4, 0.5) is 0 Å². The van der Waals surface area contributed by atoms with Gasteiger partial charge in [-0.05, 0) is 114 Å². The molecule has 1 saturated heterocycles. The van der Waals surface area contributed by atoms with Gasteiger partial charge in [-0.3, -0.25) is 0 Å². The molecule has 1 aliphatic carbocycles. The highest BCUT2D eigenvalue weighted by Crippen LogP contribution is 2.39. The molecule has 1 saturated carbocycles. The average molecular weight is 450 g/mol. The second-order valence-electron chi connectivity index (χ2n) is 10.3.